The van der Waals surface area contributed by atoms with E-state index in [1.807, 2.05) is 17.9 Å². The third-order valence-corrected chi connectivity index (χ3v) is 3.34. The molecule has 1 atom stereocenters. The molecule has 1 aromatic rings. The Balaban J connectivity index is 2.18. The Morgan fingerprint density at radius 3 is 2.83 bits per heavy atom. The molecule has 0 aliphatic carbocycles. The highest BCUT2D eigenvalue weighted by Gasteiger charge is 2.09. The first kappa shape index (κ1) is 15.2. The lowest BCUT2D eigenvalue weighted by Crippen LogP contribution is -2.37. The standard InChI is InChI=1S/C14H28N4/c1-5-6-7-8-15-9-13(2)17(3)11-14-10-16-18(4)12-14/h10,12-13,15H,5-9,11H2,1-4H3. The molecule has 1 N–H and O–H groups in total. The van der Waals surface area contributed by atoms with E-state index in [1.165, 1.54) is 24.8 Å². The fraction of sp³-hybridized carbons (Fsp3) is 0.786. The Morgan fingerprint density at radius 1 is 1.44 bits per heavy atom. The number of hydrogen-bond acceptors (Lipinski definition) is 3. The van der Waals surface area contributed by atoms with Crippen LogP contribution in [0.5, 0.6) is 0 Å². The van der Waals surface area contributed by atoms with Crippen LogP contribution in [0.15, 0.2) is 12.4 Å². The average molecular weight is 252 g/mol. The Morgan fingerprint density at radius 2 is 2.22 bits per heavy atom. The molecule has 4 heteroatoms. The van der Waals surface area contributed by atoms with Gasteiger partial charge in [-0.15, -0.1) is 0 Å². The van der Waals surface area contributed by atoms with Crippen molar-refractivity contribution in [2.75, 3.05) is 20.1 Å². The molecule has 1 rings (SSSR count). The summed E-state index contributed by atoms with van der Waals surface area (Å²) in [6, 6.07) is 0.548. The van der Waals surface area contributed by atoms with Gasteiger partial charge in [0.2, 0.25) is 0 Å². The summed E-state index contributed by atoms with van der Waals surface area (Å²) in [6.07, 6.45) is 7.93. The second-order valence-corrected chi connectivity index (χ2v) is 5.20. The maximum atomic E-state index is 4.20. The molecule has 0 radical (unpaired) electrons. The van der Waals surface area contributed by atoms with E-state index < -0.39 is 0 Å². The van der Waals surface area contributed by atoms with Crippen LogP contribution >= 0.6 is 0 Å². The van der Waals surface area contributed by atoms with E-state index in [4.69, 9.17) is 0 Å². The van der Waals surface area contributed by atoms with Crippen LogP contribution < -0.4 is 5.32 Å². The average Bonchev–Trinajstić information content (AvgIpc) is 2.74. The fourth-order valence-corrected chi connectivity index (χ4v) is 1.96. The topological polar surface area (TPSA) is 33.1 Å². The molecule has 1 unspecified atom stereocenters. The van der Waals surface area contributed by atoms with Crippen molar-refractivity contribution in [3.05, 3.63) is 18.0 Å². The summed E-state index contributed by atoms with van der Waals surface area (Å²) in [4.78, 5) is 2.36. The van der Waals surface area contributed by atoms with Gasteiger partial charge < -0.3 is 5.32 Å². The molecular formula is C14H28N4. The van der Waals surface area contributed by atoms with Gasteiger partial charge in [-0.1, -0.05) is 19.8 Å². The zero-order valence-electron chi connectivity index (χ0n) is 12.3. The van der Waals surface area contributed by atoms with Crippen molar-refractivity contribution in [1.82, 2.24) is 20.0 Å². The minimum Gasteiger partial charge on any atom is -0.315 e. The Hall–Kier alpha value is -0.870. The fourth-order valence-electron chi connectivity index (χ4n) is 1.96. The maximum absolute atomic E-state index is 4.20. The van der Waals surface area contributed by atoms with Gasteiger partial charge in [-0.05, 0) is 26.9 Å². The van der Waals surface area contributed by atoms with Crippen LogP contribution in [-0.4, -0.2) is 40.9 Å². The van der Waals surface area contributed by atoms with E-state index in [0.717, 1.165) is 19.6 Å². The lowest BCUT2D eigenvalue weighted by Gasteiger charge is -2.24. The van der Waals surface area contributed by atoms with Crippen molar-refractivity contribution in [2.45, 2.75) is 45.7 Å². The monoisotopic (exact) mass is 252 g/mol. The Labute approximate surface area is 111 Å². The zero-order chi connectivity index (χ0) is 13.4. The highest BCUT2D eigenvalue weighted by molar-refractivity contribution is 5.03. The molecule has 0 aliphatic rings. The van der Waals surface area contributed by atoms with E-state index in [2.05, 4.69) is 42.4 Å². The molecule has 0 amide bonds. The number of likely N-dealkylation sites (N-methyl/N-ethyl adjacent to an activating group) is 1. The van der Waals surface area contributed by atoms with Crippen molar-refractivity contribution in [3.63, 3.8) is 0 Å². The second kappa shape index (κ2) is 8.27. The number of nitrogens with zero attached hydrogens (tertiary/aromatic N) is 3. The van der Waals surface area contributed by atoms with Crippen LogP contribution in [-0.2, 0) is 13.6 Å². The number of rotatable bonds is 9. The molecule has 1 heterocycles. The van der Waals surface area contributed by atoms with Gasteiger partial charge in [0, 0.05) is 37.9 Å². The SMILES string of the molecule is CCCCCNCC(C)N(C)Cc1cnn(C)c1. The highest BCUT2D eigenvalue weighted by atomic mass is 15.2. The van der Waals surface area contributed by atoms with E-state index in [-0.39, 0.29) is 0 Å². The predicted octanol–water partition coefficient (Wildman–Crippen LogP) is 2.02. The van der Waals surface area contributed by atoms with Crippen molar-refractivity contribution in [2.24, 2.45) is 7.05 Å². The third-order valence-electron chi connectivity index (χ3n) is 3.34. The molecule has 4 nitrogen and oxygen atoms in total. The van der Waals surface area contributed by atoms with Crippen LogP contribution in [0.25, 0.3) is 0 Å². The van der Waals surface area contributed by atoms with E-state index in [0.29, 0.717) is 6.04 Å². The summed E-state index contributed by atoms with van der Waals surface area (Å²) in [7, 11) is 4.13. The Bertz CT molecular complexity index is 321. The number of hydrogen-bond donors (Lipinski definition) is 1. The first-order valence-corrected chi connectivity index (χ1v) is 7.02. The highest BCUT2D eigenvalue weighted by Crippen LogP contribution is 2.04. The quantitative estimate of drug-likeness (QED) is 0.683. The van der Waals surface area contributed by atoms with Gasteiger partial charge in [0.25, 0.3) is 0 Å². The van der Waals surface area contributed by atoms with E-state index in [9.17, 15) is 0 Å². The number of aromatic nitrogens is 2. The minimum absolute atomic E-state index is 0.548. The van der Waals surface area contributed by atoms with Gasteiger partial charge in [-0.3, -0.25) is 9.58 Å². The summed E-state index contributed by atoms with van der Waals surface area (Å²) in [5.74, 6) is 0. The van der Waals surface area contributed by atoms with Crippen molar-refractivity contribution >= 4 is 0 Å². The molecule has 0 aromatic carbocycles. The summed E-state index contributed by atoms with van der Waals surface area (Å²) >= 11 is 0. The smallest absolute Gasteiger partial charge is 0.0534 e. The largest absolute Gasteiger partial charge is 0.315 e. The lowest BCUT2D eigenvalue weighted by molar-refractivity contribution is 0.243. The van der Waals surface area contributed by atoms with E-state index >= 15 is 0 Å². The molecule has 0 bridgehead atoms. The summed E-state index contributed by atoms with van der Waals surface area (Å²) < 4.78 is 1.86. The third kappa shape index (κ3) is 5.65. The van der Waals surface area contributed by atoms with Crippen molar-refractivity contribution in [3.8, 4) is 0 Å². The molecule has 0 spiro atoms. The maximum Gasteiger partial charge on any atom is 0.0534 e. The number of nitrogens with one attached hydrogen (secondary N) is 1. The first-order chi connectivity index (χ1) is 8.63. The lowest BCUT2D eigenvalue weighted by atomic mass is 10.2. The summed E-state index contributed by atoms with van der Waals surface area (Å²) in [5.41, 5.74) is 1.28. The Kier molecular flexibility index (Phi) is 6.98. The van der Waals surface area contributed by atoms with Crippen LogP contribution in [0.3, 0.4) is 0 Å². The van der Waals surface area contributed by atoms with Gasteiger partial charge in [0.15, 0.2) is 0 Å². The molecule has 18 heavy (non-hydrogen) atoms. The summed E-state index contributed by atoms with van der Waals surface area (Å²) in [5, 5.41) is 7.73. The van der Waals surface area contributed by atoms with Crippen LogP contribution in [0.1, 0.15) is 38.7 Å². The normalized spacial score (nSPS) is 13.2. The molecule has 1 aromatic heterocycles. The first-order valence-electron chi connectivity index (χ1n) is 7.02. The second-order valence-electron chi connectivity index (χ2n) is 5.20. The minimum atomic E-state index is 0.548. The van der Waals surface area contributed by atoms with Crippen LogP contribution in [0.4, 0.5) is 0 Å². The number of aryl methyl sites for hydroxylation is 1. The van der Waals surface area contributed by atoms with Gasteiger partial charge in [0.05, 0.1) is 6.20 Å². The molecular weight excluding hydrogens is 224 g/mol. The van der Waals surface area contributed by atoms with Crippen molar-refractivity contribution < 1.29 is 0 Å². The molecule has 0 saturated carbocycles. The predicted molar refractivity (Wildman–Crippen MR) is 76.5 cm³/mol. The van der Waals surface area contributed by atoms with Gasteiger partial charge in [0.1, 0.15) is 0 Å². The number of unbranched alkanes of at least 4 members (excludes halogenated alkanes) is 2. The van der Waals surface area contributed by atoms with Crippen LogP contribution in [0.2, 0.25) is 0 Å². The van der Waals surface area contributed by atoms with Gasteiger partial charge in [-0.2, -0.15) is 5.10 Å². The molecule has 104 valence electrons. The van der Waals surface area contributed by atoms with E-state index in [1.54, 1.807) is 0 Å². The van der Waals surface area contributed by atoms with Gasteiger partial charge >= 0.3 is 0 Å². The van der Waals surface area contributed by atoms with Gasteiger partial charge in [-0.25, -0.2) is 0 Å². The molecule has 0 aliphatic heterocycles. The van der Waals surface area contributed by atoms with Crippen molar-refractivity contribution in [1.29, 1.82) is 0 Å². The molecule has 0 saturated heterocycles. The summed E-state index contributed by atoms with van der Waals surface area (Å²) in [6.45, 7) is 7.67. The molecule has 0 fully saturated rings. The van der Waals surface area contributed by atoms with Crippen LogP contribution in [0, 0.1) is 0 Å². The zero-order valence-corrected chi connectivity index (χ0v) is 12.3.